The second-order valence-corrected chi connectivity index (χ2v) is 5.39. The van der Waals surface area contributed by atoms with E-state index in [1.54, 1.807) is 0 Å². The van der Waals surface area contributed by atoms with Gasteiger partial charge >= 0.3 is 0 Å². The minimum absolute atomic E-state index is 0.0938. The second-order valence-electron chi connectivity index (χ2n) is 4.24. The lowest BCUT2D eigenvalue weighted by molar-refractivity contribution is 0.0746. The number of nitrogens with zero attached hydrogens (tertiary/aromatic N) is 2. The Balaban J connectivity index is 2.18. The SMILES string of the molecule is Cc1n[nH]c(C)c1C(=O)N(C)C1CCSC1. The Bertz CT molecular complexity index is 376. The highest BCUT2D eigenvalue weighted by molar-refractivity contribution is 7.99. The lowest BCUT2D eigenvalue weighted by Gasteiger charge is -2.23. The Kier molecular flexibility index (Phi) is 3.23. The first-order valence-electron chi connectivity index (χ1n) is 5.47. The molecule has 0 aliphatic carbocycles. The number of amides is 1. The first-order chi connectivity index (χ1) is 7.61. The van der Waals surface area contributed by atoms with Crippen LogP contribution in [-0.2, 0) is 0 Å². The molecule has 1 unspecified atom stereocenters. The van der Waals surface area contributed by atoms with Crippen LogP contribution in [0.3, 0.4) is 0 Å². The molecule has 1 aromatic heterocycles. The molecule has 1 saturated heterocycles. The molecule has 1 atom stereocenters. The normalized spacial score (nSPS) is 20.1. The van der Waals surface area contributed by atoms with E-state index in [0.29, 0.717) is 6.04 Å². The summed E-state index contributed by atoms with van der Waals surface area (Å²) in [5.41, 5.74) is 2.39. The van der Waals surface area contributed by atoms with Crippen LogP contribution in [0.2, 0.25) is 0 Å². The van der Waals surface area contributed by atoms with Crippen molar-refractivity contribution < 1.29 is 4.79 Å². The largest absolute Gasteiger partial charge is 0.338 e. The Hall–Kier alpha value is -0.970. The van der Waals surface area contributed by atoms with Gasteiger partial charge in [0, 0.05) is 24.5 Å². The Morgan fingerprint density at radius 2 is 2.31 bits per heavy atom. The van der Waals surface area contributed by atoms with Gasteiger partial charge in [-0.3, -0.25) is 9.89 Å². The molecule has 2 rings (SSSR count). The van der Waals surface area contributed by atoms with E-state index in [-0.39, 0.29) is 5.91 Å². The van der Waals surface area contributed by atoms with Gasteiger partial charge in [0.05, 0.1) is 11.3 Å². The summed E-state index contributed by atoms with van der Waals surface area (Å²) in [5.74, 6) is 2.31. The van der Waals surface area contributed by atoms with Crippen molar-refractivity contribution in [1.82, 2.24) is 15.1 Å². The standard InChI is InChI=1S/C11H17N3OS/c1-7-10(8(2)13-12-7)11(15)14(3)9-4-5-16-6-9/h9H,4-6H2,1-3H3,(H,12,13). The van der Waals surface area contributed by atoms with E-state index < -0.39 is 0 Å². The van der Waals surface area contributed by atoms with Crippen LogP contribution in [0.4, 0.5) is 0 Å². The molecule has 88 valence electrons. The van der Waals surface area contributed by atoms with Crippen LogP contribution in [-0.4, -0.2) is 45.6 Å². The third kappa shape index (κ3) is 1.96. The number of rotatable bonds is 2. The quantitative estimate of drug-likeness (QED) is 0.853. The van der Waals surface area contributed by atoms with Crippen LogP contribution in [0.25, 0.3) is 0 Å². The van der Waals surface area contributed by atoms with E-state index in [1.165, 1.54) is 0 Å². The van der Waals surface area contributed by atoms with Gasteiger partial charge in [0.1, 0.15) is 0 Å². The van der Waals surface area contributed by atoms with Gasteiger partial charge in [-0.15, -0.1) is 0 Å². The van der Waals surface area contributed by atoms with E-state index in [1.807, 2.05) is 37.6 Å². The van der Waals surface area contributed by atoms with Crippen molar-refractivity contribution in [1.29, 1.82) is 0 Å². The molecule has 1 aliphatic rings. The maximum Gasteiger partial charge on any atom is 0.257 e. The number of aromatic amines is 1. The summed E-state index contributed by atoms with van der Waals surface area (Å²) < 4.78 is 0. The number of aromatic nitrogens is 2. The Labute approximate surface area is 99.8 Å². The fourth-order valence-electron chi connectivity index (χ4n) is 2.04. The van der Waals surface area contributed by atoms with Crippen LogP contribution in [0.5, 0.6) is 0 Å². The highest BCUT2D eigenvalue weighted by atomic mass is 32.2. The van der Waals surface area contributed by atoms with Gasteiger partial charge in [0.15, 0.2) is 0 Å². The van der Waals surface area contributed by atoms with Gasteiger partial charge in [-0.05, 0) is 26.0 Å². The molecule has 16 heavy (non-hydrogen) atoms. The van der Waals surface area contributed by atoms with Gasteiger partial charge in [0.25, 0.3) is 5.91 Å². The van der Waals surface area contributed by atoms with Crippen LogP contribution < -0.4 is 0 Å². The van der Waals surface area contributed by atoms with Crippen molar-refractivity contribution in [2.75, 3.05) is 18.6 Å². The van der Waals surface area contributed by atoms with Gasteiger partial charge in [-0.1, -0.05) is 0 Å². The lowest BCUT2D eigenvalue weighted by Crippen LogP contribution is -2.37. The summed E-state index contributed by atoms with van der Waals surface area (Å²) in [4.78, 5) is 14.2. The van der Waals surface area contributed by atoms with Gasteiger partial charge in [-0.25, -0.2) is 0 Å². The summed E-state index contributed by atoms with van der Waals surface area (Å²) in [7, 11) is 1.89. The smallest absolute Gasteiger partial charge is 0.257 e. The maximum absolute atomic E-state index is 12.3. The third-order valence-electron chi connectivity index (χ3n) is 3.12. The Morgan fingerprint density at radius 3 is 2.81 bits per heavy atom. The van der Waals surface area contributed by atoms with E-state index in [4.69, 9.17) is 0 Å². The summed E-state index contributed by atoms with van der Waals surface area (Å²) in [5, 5.41) is 6.93. The number of hydrogen-bond acceptors (Lipinski definition) is 3. The number of aryl methyl sites for hydroxylation is 2. The highest BCUT2D eigenvalue weighted by Gasteiger charge is 2.27. The third-order valence-corrected chi connectivity index (χ3v) is 4.26. The van der Waals surface area contributed by atoms with Crippen LogP contribution in [0, 0.1) is 13.8 Å². The topological polar surface area (TPSA) is 49.0 Å². The molecule has 1 aromatic rings. The molecule has 2 heterocycles. The van der Waals surface area contributed by atoms with Crippen molar-refractivity contribution >= 4 is 17.7 Å². The lowest BCUT2D eigenvalue weighted by atomic mass is 10.1. The minimum atomic E-state index is 0.0938. The average Bonchev–Trinajstić information content (AvgIpc) is 2.87. The van der Waals surface area contributed by atoms with E-state index in [2.05, 4.69) is 10.2 Å². The van der Waals surface area contributed by atoms with Crippen LogP contribution in [0.1, 0.15) is 28.2 Å². The second kappa shape index (κ2) is 4.49. The minimum Gasteiger partial charge on any atom is -0.338 e. The molecule has 0 spiro atoms. The Morgan fingerprint density at radius 1 is 1.56 bits per heavy atom. The molecule has 1 N–H and O–H groups in total. The van der Waals surface area contributed by atoms with Gasteiger partial charge < -0.3 is 4.90 Å². The number of carbonyl (C=O) groups excluding carboxylic acids is 1. The molecule has 1 aliphatic heterocycles. The molecule has 5 heteroatoms. The van der Waals surface area contributed by atoms with Crippen molar-refractivity contribution in [2.45, 2.75) is 26.3 Å². The number of hydrogen-bond donors (Lipinski definition) is 1. The molecule has 0 bridgehead atoms. The zero-order valence-electron chi connectivity index (χ0n) is 9.91. The van der Waals surface area contributed by atoms with E-state index in [9.17, 15) is 4.79 Å². The molecule has 4 nitrogen and oxygen atoms in total. The van der Waals surface area contributed by atoms with Crippen molar-refractivity contribution in [3.05, 3.63) is 17.0 Å². The zero-order valence-corrected chi connectivity index (χ0v) is 10.7. The molecule has 1 fully saturated rings. The van der Waals surface area contributed by atoms with Crippen LogP contribution in [0.15, 0.2) is 0 Å². The summed E-state index contributed by atoms with van der Waals surface area (Å²) >= 11 is 1.92. The molecule has 0 saturated carbocycles. The molecule has 1 amide bonds. The van der Waals surface area contributed by atoms with E-state index >= 15 is 0 Å². The zero-order chi connectivity index (χ0) is 11.7. The van der Waals surface area contributed by atoms with Crippen LogP contribution >= 0.6 is 11.8 Å². The predicted octanol–water partition coefficient (Wildman–Crippen LogP) is 1.60. The first-order valence-corrected chi connectivity index (χ1v) is 6.63. The molecular weight excluding hydrogens is 222 g/mol. The number of carbonyl (C=O) groups is 1. The van der Waals surface area contributed by atoms with Gasteiger partial charge in [0.2, 0.25) is 0 Å². The monoisotopic (exact) mass is 239 g/mol. The number of H-pyrrole nitrogens is 1. The van der Waals surface area contributed by atoms with E-state index in [0.717, 1.165) is 34.9 Å². The van der Waals surface area contributed by atoms with Crippen molar-refractivity contribution in [3.63, 3.8) is 0 Å². The fraction of sp³-hybridized carbons (Fsp3) is 0.636. The average molecular weight is 239 g/mol. The fourth-order valence-corrected chi connectivity index (χ4v) is 3.30. The molecule has 0 aromatic carbocycles. The molecule has 0 radical (unpaired) electrons. The first kappa shape index (κ1) is 11.5. The summed E-state index contributed by atoms with van der Waals surface area (Å²) in [6, 6.07) is 0.381. The summed E-state index contributed by atoms with van der Waals surface area (Å²) in [6.07, 6.45) is 1.10. The number of nitrogens with one attached hydrogen (secondary N) is 1. The maximum atomic E-state index is 12.3. The molecular formula is C11H17N3OS. The van der Waals surface area contributed by atoms with Crippen molar-refractivity contribution in [2.24, 2.45) is 0 Å². The van der Waals surface area contributed by atoms with Crippen molar-refractivity contribution in [3.8, 4) is 0 Å². The highest BCUT2D eigenvalue weighted by Crippen LogP contribution is 2.23. The van der Waals surface area contributed by atoms with Gasteiger partial charge in [-0.2, -0.15) is 16.9 Å². The summed E-state index contributed by atoms with van der Waals surface area (Å²) in [6.45, 7) is 3.76. The number of thioether (sulfide) groups is 1. The predicted molar refractivity (Wildman–Crippen MR) is 65.9 cm³/mol.